The number of piperidine rings is 1. The van der Waals surface area contributed by atoms with Gasteiger partial charge in [-0.25, -0.2) is 0 Å². The Morgan fingerprint density at radius 3 is 2.78 bits per heavy atom. The van der Waals surface area contributed by atoms with Crippen molar-refractivity contribution in [2.24, 2.45) is 5.92 Å². The van der Waals surface area contributed by atoms with Crippen LogP contribution >= 0.6 is 0 Å². The van der Waals surface area contributed by atoms with Gasteiger partial charge in [-0.3, -0.25) is 0 Å². The third-order valence-corrected chi connectivity index (χ3v) is 4.79. The third kappa shape index (κ3) is 3.91. The van der Waals surface area contributed by atoms with E-state index in [1.54, 1.807) is 12.1 Å². The summed E-state index contributed by atoms with van der Waals surface area (Å²) in [6.07, 6.45) is 3.23. The van der Waals surface area contributed by atoms with E-state index in [0.717, 1.165) is 37.9 Å². The number of rotatable bonds is 4. The average Bonchev–Trinajstić information content (AvgIpc) is 2.61. The van der Waals surface area contributed by atoms with Gasteiger partial charge in [-0.1, -0.05) is 24.3 Å². The monoisotopic (exact) mass is 306 g/mol. The second kappa shape index (κ2) is 7.30. The molecule has 2 N–H and O–H groups in total. The molecule has 1 aliphatic rings. The minimum absolute atomic E-state index is 0.326. The number of nitriles is 1. The van der Waals surface area contributed by atoms with Crippen LogP contribution in [-0.2, 0) is 6.42 Å². The molecule has 23 heavy (non-hydrogen) atoms. The van der Waals surface area contributed by atoms with Gasteiger partial charge in [-0.05, 0) is 79.6 Å². The number of phenols is 1. The van der Waals surface area contributed by atoms with Gasteiger partial charge in [0.2, 0.25) is 0 Å². The van der Waals surface area contributed by atoms with Crippen LogP contribution in [0.4, 0.5) is 0 Å². The topological polar surface area (TPSA) is 56.0 Å². The van der Waals surface area contributed by atoms with Crippen LogP contribution in [0, 0.1) is 17.2 Å². The molecule has 0 aromatic heterocycles. The maximum atomic E-state index is 9.48. The van der Waals surface area contributed by atoms with Crippen LogP contribution in [0.15, 0.2) is 48.5 Å². The first-order valence-electron chi connectivity index (χ1n) is 8.25. The Bertz CT molecular complexity index is 688. The minimum atomic E-state index is 0.326. The molecule has 0 spiro atoms. The molecular formula is C20H22N2O. The maximum Gasteiger partial charge on any atom is 0.115 e. The van der Waals surface area contributed by atoms with E-state index in [2.05, 4.69) is 29.6 Å². The fraction of sp³-hybridized carbons (Fsp3) is 0.350. The molecule has 0 radical (unpaired) electrons. The zero-order valence-corrected chi connectivity index (χ0v) is 13.2. The highest BCUT2D eigenvalue weighted by Gasteiger charge is 2.26. The van der Waals surface area contributed by atoms with Gasteiger partial charge >= 0.3 is 0 Å². The number of phenolic OH excluding ortho intramolecular Hbond substituents is 1. The van der Waals surface area contributed by atoms with Crippen LogP contribution in [0.2, 0.25) is 0 Å². The van der Waals surface area contributed by atoms with Crippen molar-refractivity contribution in [2.75, 3.05) is 13.1 Å². The lowest BCUT2D eigenvalue weighted by Crippen LogP contribution is -2.35. The van der Waals surface area contributed by atoms with Crippen LogP contribution in [-0.4, -0.2) is 18.2 Å². The number of hydrogen-bond acceptors (Lipinski definition) is 3. The number of aromatic hydroxyl groups is 1. The summed E-state index contributed by atoms with van der Waals surface area (Å²) in [7, 11) is 0. The largest absolute Gasteiger partial charge is 0.508 e. The van der Waals surface area contributed by atoms with Crippen molar-refractivity contribution < 1.29 is 5.11 Å². The predicted octanol–water partition coefficient (Wildman–Crippen LogP) is 3.59. The summed E-state index contributed by atoms with van der Waals surface area (Å²) in [5.74, 6) is 1.45. The van der Waals surface area contributed by atoms with E-state index >= 15 is 0 Å². The number of benzene rings is 2. The van der Waals surface area contributed by atoms with Gasteiger partial charge in [0.1, 0.15) is 5.75 Å². The summed E-state index contributed by atoms with van der Waals surface area (Å²) in [6, 6.07) is 17.8. The van der Waals surface area contributed by atoms with Crippen LogP contribution < -0.4 is 5.32 Å². The smallest absolute Gasteiger partial charge is 0.115 e. The highest BCUT2D eigenvalue weighted by atomic mass is 16.3. The standard InChI is InChI=1S/C20H22N2O/c21-13-16-3-1-2-15(12-16)4-5-18-14-22-11-10-20(18)17-6-8-19(23)9-7-17/h1-3,6-9,12,18,20,22-23H,4-5,10-11,14H2/t18-,20+/m1/s1. The van der Waals surface area contributed by atoms with E-state index in [4.69, 9.17) is 5.26 Å². The van der Waals surface area contributed by atoms with Gasteiger partial charge in [0.05, 0.1) is 11.6 Å². The number of nitrogens with zero attached hydrogens (tertiary/aromatic N) is 1. The van der Waals surface area contributed by atoms with Crippen LogP contribution in [0.3, 0.4) is 0 Å². The van der Waals surface area contributed by atoms with Crippen LogP contribution in [0.1, 0.15) is 35.4 Å². The summed E-state index contributed by atoms with van der Waals surface area (Å²) < 4.78 is 0. The molecule has 0 saturated carbocycles. The molecule has 118 valence electrons. The van der Waals surface area contributed by atoms with Gasteiger partial charge in [0.25, 0.3) is 0 Å². The molecule has 2 atom stereocenters. The SMILES string of the molecule is N#Cc1cccc(CC[C@@H]2CNCC[C@H]2c2ccc(O)cc2)c1. The fourth-order valence-corrected chi connectivity index (χ4v) is 3.54. The lowest BCUT2D eigenvalue weighted by Gasteiger charge is -2.32. The first-order valence-corrected chi connectivity index (χ1v) is 8.25. The van der Waals surface area contributed by atoms with Crippen molar-refractivity contribution in [3.05, 3.63) is 65.2 Å². The molecule has 2 aromatic rings. The Kier molecular flexibility index (Phi) is 4.95. The van der Waals surface area contributed by atoms with E-state index in [1.807, 2.05) is 18.2 Å². The van der Waals surface area contributed by atoms with Crippen LogP contribution in [0.5, 0.6) is 5.75 Å². The number of hydrogen-bond donors (Lipinski definition) is 2. The molecule has 1 aliphatic heterocycles. The molecule has 2 aromatic carbocycles. The van der Waals surface area contributed by atoms with Gasteiger partial charge in [0, 0.05) is 0 Å². The van der Waals surface area contributed by atoms with Crippen molar-refractivity contribution in [2.45, 2.75) is 25.2 Å². The van der Waals surface area contributed by atoms with Gasteiger partial charge < -0.3 is 10.4 Å². The maximum absolute atomic E-state index is 9.48. The summed E-state index contributed by atoms with van der Waals surface area (Å²) in [6.45, 7) is 2.08. The van der Waals surface area contributed by atoms with E-state index in [1.165, 1.54) is 11.1 Å². The van der Waals surface area contributed by atoms with Gasteiger partial charge in [-0.15, -0.1) is 0 Å². The molecule has 0 unspecified atom stereocenters. The van der Waals surface area contributed by atoms with Gasteiger partial charge in [-0.2, -0.15) is 5.26 Å². The number of nitrogens with one attached hydrogen (secondary N) is 1. The molecule has 3 heteroatoms. The number of aryl methyl sites for hydroxylation is 1. The van der Waals surface area contributed by atoms with Crippen molar-refractivity contribution >= 4 is 0 Å². The van der Waals surface area contributed by atoms with Crippen molar-refractivity contribution in [3.8, 4) is 11.8 Å². The first-order chi connectivity index (χ1) is 11.3. The summed E-state index contributed by atoms with van der Waals surface area (Å²) in [5.41, 5.74) is 3.29. The first kappa shape index (κ1) is 15.6. The second-order valence-corrected chi connectivity index (χ2v) is 6.30. The summed E-state index contributed by atoms with van der Waals surface area (Å²) >= 11 is 0. The van der Waals surface area contributed by atoms with E-state index in [0.29, 0.717) is 17.6 Å². The van der Waals surface area contributed by atoms with Crippen molar-refractivity contribution in [1.82, 2.24) is 5.32 Å². The third-order valence-electron chi connectivity index (χ3n) is 4.79. The highest BCUT2D eigenvalue weighted by Crippen LogP contribution is 2.33. The molecule has 3 rings (SSSR count). The second-order valence-electron chi connectivity index (χ2n) is 6.30. The molecule has 1 heterocycles. The van der Waals surface area contributed by atoms with Crippen molar-refractivity contribution in [3.63, 3.8) is 0 Å². The quantitative estimate of drug-likeness (QED) is 0.907. The highest BCUT2D eigenvalue weighted by molar-refractivity contribution is 5.33. The molecule has 0 amide bonds. The van der Waals surface area contributed by atoms with Crippen molar-refractivity contribution in [1.29, 1.82) is 5.26 Å². The van der Waals surface area contributed by atoms with E-state index in [-0.39, 0.29) is 0 Å². The molecular weight excluding hydrogens is 284 g/mol. The minimum Gasteiger partial charge on any atom is -0.508 e. The molecule has 1 saturated heterocycles. The normalized spacial score (nSPS) is 20.8. The molecule has 1 fully saturated rings. The molecule has 0 bridgehead atoms. The Balaban J connectivity index is 1.69. The lowest BCUT2D eigenvalue weighted by atomic mass is 9.78. The Labute approximate surface area is 137 Å². The lowest BCUT2D eigenvalue weighted by molar-refractivity contribution is 0.309. The Morgan fingerprint density at radius 1 is 1.17 bits per heavy atom. The summed E-state index contributed by atoms with van der Waals surface area (Å²) in [5, 5.41) is 22.0. The molecule has 0 aliphatic carbocycles. The zero-order valence-electron chi connectivity index (χ0n) is 13.2. The van der Waals surface area contributed by atoms with E-state index in [9.17, 15) is 5.11 Å². The average molecular weight is 306 g/mol. The van der Waals surface area contributed by atoms with Crippen LogP contribution in [0.25, 0.3) is 0 Å². The fourth-order valence-electron chi connectivity index (χ4n) is 3.54. The zero-order chi connectivity index (χ0) is 16.1. The predicted molar refractivity (Wildman–Crippen MR) is 91.3 cm³/mol. The summed E-state index contributed by atoms with van der Waals surface area (Å²) in [4.78, 5) is 0. The Morgan fingerprint density at radius 2 is 2.00 bits per heavy atom. The Hall–Kier alpha value is -2.31. The molecule has 3 nitrogen and oxygen atoms in total. The van der Waals surface area contributed by atoms with E-state index < -0.39 is 0 Å². The van der Waals surface area contributed by atoms with Gasteiger partial charge in [0.15, 0.2) is 0 Å².